The number of unbranched alkanes of at least 4 members (excludes halogenated alkanes) is 7. The van der Waals surface area contributed by atoms with Crippen molar-refractivity contribution in [3.8, 4) is 0 Å². The van der Waals surface area contributed by atoms with Gasteiger partial charge in [0.25, 0.3) is 0 Å². The average molecular weight is 284 g/mol. The maximum absolute atomic E-state index is 11.9. The third kappa shape index (κ3) is 11.3. The SMILES string of the molecule is CCCCCCCC(C)C(=O)OC(C)CCCCCC. The smallest absolute Gasteiger partial charge is 0.308 e. The first-order chi connectivity index (χ1) is 9.61. The zero-order chi connectivity index (χ0) is 15.2. The van der Waals surface area contributed by atoms with Gasteiger partial charge in [-0.05, 0) is 26.2 Å². The molecule has 2 atom stereocenters. The Bertz CT molecular complexity index is 225. The van der Waals surface area contributed by atoms with Gasteiger partial charge in [-0.15, -0.1) is 0 Å². The zero-order valence-electron chi connectivity index (χ0n) is 14.2. The number of hydrogen-bond acceptors (Lipinski definition) is 2. The minimum atomic E-state index is 0.00323. The third-order valence-corrected chi connectivity index (χ3v) is 3.92. The number of carbonyl (C=O) groups excluding carboxylic acids is 1. The largest absolute Gasteiger partial charge is 0.462 e. The first-order valence-electron chi connectivity index (χ1n) is 8.82. The van der Waals surface area contributed by atoms with Crippen LogP contribution in [0.4, 0.5) is 0 Å². The number of hydrogen-bond donors (Lipinski definition) is 0. The van der Waals surface area contributed by atoms with Crippen LogP contribution in [0, 0.1) is 5.92 Å². The highest BCUT2D eigenvalue weighted by atomic mass is 16.5. The van der Waals surface area contributed by atoms with Crippen molar-refractivity contribution in [3.05, 3.63) is 0 Å². The summed E-state index contributed by atoms with van der Waals surface area (Å²) in [7, 11) is 0. The predicted molar refractivity (Wildman–Crippen MR) is 86.9 cm³/mol. The number of esters is 1. The van der Waals surface area contributed by atoms with E-state index >= 15 is 0 Å². The molecule has 0 aliphatic carbocycles. The summed E-state index contributed by atoms with van der Waals surface area (Å²) in [4.78, 5) is 11.9. The highest BCUT2D eigenvalue weighted by Crippen LogP contribution is 2.15. The normalized spacial score (nSPS) is 14.0. The summed E-state index contributed by atoms with van der Waals surface area (Å²) in [5, 5.41) is 0. The van der Waals surface area contributed by atoms with Gasteiger partial charge < -0.3 is 4.74 Å². The van der Waals surface area contributed by atoms with E-state index in [1.807, 2.05) is 13.8 Å². The standard InChI is InChI=1S/C18H36O2/c1-5-7-9-11-12-14-16(3)18(19)20-17(4)15-13-10-8-6-2/h16-17H,5-15H2,1-4H3. The predicted octanol–water partition coefficient (Wildman–Crippen LogP) is 5.89. The Morgan fingerprint density at radius 2 is 1.30 bits per heavy atom. The summed E-state index contributed by atoms with van der Waals surface area (Å²) < 4.78 is 5.53. The second kappa shape index (κ2) is 13.5. The molecule has 0 aliphatic rings. The van der Waals surface area contributed by atoms with E-state index in [9.17, 15) is 4.79 Å². The monoisotopic (exact) mass is 284 g/mol. The molecule has 0 radical (unpaired) electrons. The summed E-state index contributed by atoms with van der Waals surface area (Å²) >= 11 is 0. The Balaban J connectivity index is 3.61. The molecule has 2 unspecified atom stereocenters. The minimum absolute atomic E-state index is 0.00323. The van der Waals surface area contributed by atoms with Gasteiger partial charge in [-0.25, -0.2) is 0 Å². The second-order valence-corrected chi connectivity index (χ2v) is 6.20. The van der Waals surface area contributed by atoms with Crippen LogP contribution in [-0.2, 0) is 9.53 Å². The molecule has 2 nitrogen and oxygen atoms in total. The topological polar surface area (TPSA) is 26.3 Å². The van der Waals surface area contributed by atoms with Gasteiger partial charge in [-0.3, -0.25) is 4.79 Å². The number of ether oxygens (including phenoxy) is 1. The fourth-order valence-corrected chi connectivity index (χ4v) is 2.40. The highest BCUT2D eigenvalue weighted by Gasteiger charge is 2.16. The van der Waals surface area contributed by atoms with E-state index in [0.717, 1.165) is 19.3 Å². The Hall–Kier alpha value is -0.530. The van der Waals surface area contributed by atoms with Crippen LogP contribution in [0.1, 0.15) is 98.3 Å². The maximum atomic E-state index is 11.9. The Kier molecular flexibility index (Phi) is 13.1. The lowest BCUT2D eigenvalue weighted by Crippen LogP contribution is -2.20. The van der Waals surface area contributed by atoms with E-state index in [1.54, 1.807) is 0 Å². The lowest BCUT2D eigenvalue weighted by molar-refractivity contribution is -0.153. The molecule has 0 rings (SSSR count). The maximum Gasteiger partial charge on any atom is 0.308 e. The average Bonchev–Trinajstić information content (AvgIpc) is 2.43. The molecule has 0 aromatic carbocycles. The molecule has 0 bridgehead atoms. The lowest BCUT2D eigenvalue weighted by Gasteiger charge is -2.16. The molecule has 0 heterocycles. The molecule has 0 aromatic rings. The van der Waals surface area contributed by atoms with Gasteiger partial charge in [0.2, 0.25) is 0 Å². The molecule has 0 saturated carbocycles. The Labute approximate surface area is 126 Å². The Morgan fingerprint density at radius 1 is 0.800 bits per heavy atom. The van der Waals surface area contributed by atoms with E-state index in [1.165, 1.54) is 51.4 Å². The fraction of sp³-hybridized carbons (Fsp3) is 0.944. The molecule has 0 amide bonds. The molecule has 0 N–H and O–H groups in total. The van der Waals surface area contributed by atoms with Crippen molar-refractivity contribution in [1.82, 2.24) is 0 Å². The van der Waals surface area contributed by atoms with Crippen LogP contribution in [0.5, 0.6) is 0 Å². The minimum Gasteiger partial charge on any atom is -0.462 e. The molecule has 0 fully saturated rings. The van der Waals surface area contributed by atoms with E-state index in [0.29, 0.717) is 0 Å². The van der Waals surface area contributed by atoms with Gasteiger partial charge in [0.1, 0.15) is 0 Å². The van der Waals surface area contributed by atoms with E-state index in [-0.39, 0.29) is 18.0 Å². The highest BCUT2D eigenvalue weighted by molar-refractivity contribution is 5.72. The fourth-order valence-electron chi connectivity index (χ4n) is 2.40. The van der Waals surface area contributed by atoms with E-state index < -0.39 is 0 Å². The van der Waals surface area contributed by atoms with Crippen molar-refractivity contribution in [2.45, 2.75) is 104 Å². The molecule has 0 spiro atoms. The van der Waals surface area contributed by atoms with Crippen LogP contribution in [-0.4, -0.2) is 12.1 Å². The van der Waals surface area contributed by atoms with E-state index in [4.69, 9.17) is 4.74 Å². The van der Waals surface area contributed by atoms with Gasteiger partial charge >= 0.3 is 5.97 Å². The third-order valence-electron chi connectivity index (χ3n) is 3.92. The van der Waals surface area contributed by atoms with Gasteiger partial charge in [-0.2, -0.15) is 0 Å². The second-order valence-electron chi connectivity index (χ2n) is 6.20. The van der Waals surface area contributed by atoms with Crippen LogP contribution in [0.2, 0.25) is 0 Å². The van der Waals surface area contributed by atoms with Gasteiger partial charge in [-0.1, -0.05) is 72.1 Å². The first-order valence-corrected chi connectivity index (χ1v) is 8.82. The lowest BCUT2D eigenvalue weighted by atomic mass is 10.0. The van der Waals surface area contributed by atoms with Crippen LogP contribution < -0.4 is 0 Å². The van der Waals surface area contributed by atoms with E-state index in [2.05, 4.69) is 13.8 Å². The van der Waals surface area contributed by atoms with Crippen molar-refractivity contribution in [2.75, 3.05) is 0 Å². The molecule has 0 aromatic heterocycles. The first kappa shape index (κ1) is 19.5. The summed E-state index contributed by atoms with van der Waals surface area (Å²) in [6.07, 6.45) is 13.3. The molecule has 0 saturated heterocycles. The van der Waals surface area contributed by atoms with Gasteiger partial charge in [0, 0.05) is 0 Å². The van der Waals surface area contributed by atoms with Crippen molar-refractivity contribution in [2.24, 2.45) is 5.92 Å². The quantitative estimate of drug-likeness (QED) is 0.311. The summed E-state index contributed by atoms with van der Waals surface area (Å²) in [6, 6.07) is 0. The van der Waals surface area contributed by atoms with Crippen molar-refractivity contribution < 1.29 is 9.53 Å². The summed E-state index contributed by atoms with van der Waals surface area (Å²) in [5.41, 5.74) is 0. The molecule has 120 valence electrons. The zero-order valence-corrected chi connectivity index (χ0v) is 14.2. The van der Waals surface area contributed by atoms with Crippen LogP contribution >= 0.6 is 0 Å². The van der Waals surface area contributed by atoms with Gasteiger partial charge in [0.15, 0.2) is 0 Å². The number of carbonyl (C=O) groups is 1. The van der Waals surface area contributed by atoms with Crippen LogP contribution in [0.3, 0.4) is 0 Å². The van der Waals surface area contributed by atoms with Crippen LogP contribution in [0.15, 0.2) is 0 Å². The summed E-state index contributed by atoms with van der Waals surface area (Å²) in [5.74, 6) is 0.0678. The van der Waals surface area contributed by atoms with Crippen molar-refractivity contribution in [3.63, 3.8) is 0 Å². The van der Waals surface area contributed by atoms with Gasteiger partial charge in [0.05, 0.1) is 12.0 Å². The van der Waals surface area contributed by atoms with Crippen LogP contribution in [0.25, 0.3) is 0 Å². The molecular formula is C18H36O2. The molecule has 20 heavy (non-hydrogen) atoms. The number of rotatable bonds is 13. The molecular weight excluding hydrogens is 248 g/mol. The van der Waals surface area contributed by atoms with Crippen molar-refractivity contribution in [1.29, 1.82) is 0 Å². The Morgan fingerprint density at radius 3 is 1.90 bits per heavy atom. The van der Waals surface area contributed by atoms with Crippen molar-refractivity contribution >= 4 is 5.97 Å². The molecule has 0 aliphatic heterocycles. The summed E-state index contributed by atoms with van der Waals surface area (Å²) in [6.45, 7) is 8.47. The molecule has 2 heteroatoms.